The first kappa shape index (κ1) is 7.59. The molecule has 0 radical (unpaired) electrons. The molecule has 0 aromatic carbocycles. The summed E-state index contributed by atoms with van der Waals surface area (Å²) in [6.45, 7) is 3.59. The summed E-state index contributed by atoms with van der Waals surface area (Å²) in [5, 5.41) is 0. The van der Waals surface area contributed by atoms with Gasteiger partial charge >= 0.3 is 0 Å². The summed E-state index contributed by atoms with van der Waals surface area (Å²) < 4.78 is 0. The number of aromatic amines is 1. The van der Waals surface area contributed by atoms with Crippen LogP contribution < -0.4 is 0 Å². The highest BCUT2D eigenvalue weighted by Crippen LogP contribution is 2.39. The van der Waals surface area contributed by atoms with Crippen LogP contribution in [0.2, 0.25) is 0 Å². The summed E-state index contributed by atoms with van der Waals surface area (Å²) in [5.74, 6) is 0.844. The summed E-state index contributed by atoms with van der Waals surface area (Å²) in [5.41, 5.74) is 3.12. The van der Waals surface area contributed by atoms with Gasteiger partial charge in [-0.05, 0) is 37.3 Å². The Morgan fingerprint density at radius 1 is 1.58 bits per heavy atom. The van der Waals surface area contributed by atoms with Crippen LogP contribution in [0, 0.1) is 6.92 Å². The van der Waals surface area contributed by atoms with Crippen molar-refractivity contribution >= 4 is 5.78 Å². The Bertz CT molecular complexity index is 321. The zero-order valence-corrected chi connectivity index (χ0v) is 7.48. The molecule has 0 atom stereocenters. The molecule has 0 saturated heterocycles. The van der Waals surface area contributed by atoms with Crippen molar-refractivity contribution in [1.29, 1.82) is 0 Å². The lowest BCUT2D eigenvalue weighted by atomic mass is 10.2. The molecule has 1 aliphatic rings. The molecular weight excluding hydrogens is 150 g/mol. The second-order valence-corrected chi connectivity index (χ2v) is 3.61. The van der Waals surface area contributed by atoms with E-state index in [1.165, 1.54) is 18.5 Å². The molecule has 1 fully saturated rings. The van der Waals surface area contributed by atoms with Crippen molar-refractivity contribution < 1.29 is 4.79 Å². The Morgan fingerprint density at radius 3 is 2.67 bits per heavy atom. The third-order valence-corrected chi connectivity index (χ3v) is 2.40. The van der Waals surface area contributed by atoms with Gasteiger partial charge in [0.05, 0.1) is 5.69 Å². The van der Waals surface area contributed by atoms with E-state index in [0.717, 1.165) is 11.3 Å². The van der Waals surface area contributed by atoms with E-state index in [1.807, 2.05) is 6.92 Å². The van der Waals surface area contributed by atoms with Crippen LogP contribution in [-0.2, 0) is 0 Å². The van der Waals surface area contributed by atoms with Gasteiger partial charge in [0.1, 0.15) is 0 Å². The monoisotopic (exact) mass is 163 g/mol. The van der Waals surface area contributed by atoms with Gasteiger partial charge in [0, 0.05) is 12.6 Å². The molecule has 0 bridgehead atoms. The third kappa shape index (κ3) is 1.17. The van der Waals surface area contributed by atoms with Crippen LogP contribution in [0.4, 0.5) is 0 Å². The number of rotatable bonds is 2. The number of ketones is 1. The summed E-state index contributed by atoms with van der Waals surface area (Å²) >= 11 is 0. The minimum Gasteiger partial charge on any atom is -0.356 e. The second kappa shape index (κ2) is 2.47. The molecule has 0 spiro atoms. The molecule has 1 heterocycles. The summed E-state index contributed by atoms with van der Waals surface area (Å²) in [4.78, 5) is 14.3. The average molecular weight is 163 g/mol. The van der Waals surface area contributed by atoms with Crippen molar-refractivity contribution in [3.63, 3.8) is 0 Å². The maximum Gasteiger partial charge on any atom is 0.176 e. The van der Waals surface area contributed by atoms with Gasteiger partial charge in [-0.3, -0.25) is 4.79 Å². The lowest BCUT2D eigenvalue weighted by molar-refractivity contribution is 0.101. The van der Waals surface area contributed by atoms with E-state index in [4.69, 9.17) is 0 Å². The zero-order chi connectivity index (χ0) is 8.72. The molecule has 1 aromatic heterocycles. The molecule has 1 saturated carbocycles. The summed E-state index contributed by atoms with van der Waals surface area (Å²) in [6.07, 6.45) is 2.55. The fraction of sp³-hybridized carbons (Fsp3) is 0.500. The van der Waals surface area contributed by atoms with E-state index < -0.39 is 0 Å². The summed E-state index contributed by atoms with van der Waals surface area (Å²) in [6, 6.07) is 2.11. The predicted molar refractivity (Wildman–Crippen MR) is 47.5 cm³/mol. The van der Waals surface area contributed by atoms with Gasteiger partial charge in [-0.1, -0.05) is 0 Å². The number of hydrogen-bond acceptors (Lipinski definition) is 1. The number of H-pyrrole nitrogens is 1. The van der Waals surface area contributed by atoms with Crippen molar-refractivity contribution in [2.24, 2.45) is 0 Å². The van der Waals surface area contributed by atoms with E-state index in [0.29, 0.717) is 5.92 Å². The number of nitrogens with one attached hydrogen (secondary N) is 1. The Morgan fingerprint density at radius 2 is 2.25 bits per heavy atom. The average Bonchev–Trinajstić information content (AvgIpc) is 2.75. The quantitative estimate of drug-likeness (QED) is 0.667. The highest BCUT2D eigenvalue weighted by Gasteiger charge is 2.26. The minimum atomic E-state index is 0.138. The molecule has 2 heteroatoms. The van der Waals surface area contributed by atoms with Crippen LogP contribution in [0.1, 0.15) is 47.4 Å². The third-order valence-electron chi connectivity index (χ3n) is 2.40. The number of aromatic nitrogens is 1. The van der Waals surface area contributed by atoms with E-state index >= 15 is 0 Å². The molecule has 12 heavy (non-hydrogen) atoms. The minimum absolute atomic E-state index is 0.138. The van der Waals surface area contributed by atoms with Gasteiger partial charge in [-0.25, -0.2) is 0 Å². The van der Waals surface area contributed by atoms with E-state index in [2.05, 4.69) is 11.1 Å². The molecular formula is C10H13NO. The molecule has 1 N–H and O–H groups in total. The lowest BCUT2D eigenvalue weighted by Gasteiger charge is -1.91. The molecule has 2 rings (SSSR count). The van der Waals surface area contributed by atoms with Gasteiger partial charge < -0.3 is 4.98 Å². The molecule has 0 amide bonds. The first-order chi connectivity index (χ1) is 5.68. The lowest BCUT2D eigenvalue weighted by Crippen LogP contribution is -1.94. The molecule has 0 aliphatic heterocycles. The molecule has 1 aliphatic carbocycles. The zero-order valence-electron chi connectivity index (χ0n) is 7.48. The summed E-state index contributed by atoms with van der Waals surface area (Å²) in [7, 11) is 0. The number of hydrogen-bond donors (Lipinski definition) is 1. The standard InChI is InChI=1S/C10H13NO/c1-6-5-9(8-3-4-8)11-10(6)7(2)12/h5,8,11H,3-4H2,1-2H3. The molecule has 2 nitrogen and oxygen atoms in total. The van der Waals surface area contributed by atoms with Crippen LogP contribution in [0.3, 0.4) is 0 Å². The van der Waals surface area contributed by atoms with E-state index in [9.17, 15) is 4.79 Å². The fourth-order valence-electron chi connectivity index (χ4n) is 1.56. The molecule has 64 valence electrons. The number of carbonyl (C=O) groups excluding carboxylic acids is 1. The van der Waals surface area contributed by atoms with E-state index in [1.54, 1.807) is 6.92 Å². The largest absolute Gasteiger partial charge is 0.356 e. The maximum absolute atomic E-state index is 11.1. The van der Waals surface area contributed by atoms with Gasteiger partial charge in [0.15, 0.2) is 5.78 Å². The first-order valence-corrected chi connectivity index (χ1v) is 4.39. The van der Waals surface area contributed by atoms with Crippen LogP contribution in [0.15, 0.2) is 6.07 Å². The van der Waals surface area contributed by atoms with Crippen molar-refractivity contribution in [2.45, 2.75) is 32.6 Å². The Hall–Kier alpha value is -1.05. The van der Waals surface area contributed by atoms with Gasteiger partial charge in [0.25, 0.3) is 0 Å². The van der Waals surface area contributed by atoms with Crippen molar-refractivity contribution in [3.05, 3.63) is 23.0 Å². The molecule has 0 unspecified atom stereocenters. The number of aryl methyl sites for hydroxylation is 1. The highest BCUT2D eigenvalue weighted by molar-refractivity contribution is 5.93. The van der Waals surface area contributed by atoms with Crippen LogP contribution in [-0.4, -0.2) is 10.8 Å². The smallest absolute Gasteiger partial charge is 0.176 e. The Kier molecular flexibility index (Phi) is 1.56. The highest BCUT2D eigenvalue weighted by atomic mass is 16.1. The first-order valence-electron chi connectivity index (χ1n) is 4.39. The Balaban J connectivity index is 2.36. The number of carbonyl (C=O) groups is 1. The Labute approximate surface area is 72.0 Å². The van der Waals surface area contributed by atoms with Crippen molar-refractivity contribution in [3.8, 4) is 0 Å². The van der Waals surface area contributed by atoms with Crippen molar-refractivity contribution in [2.75, 3.05) is 0 Å². The fourth-order valence-corrected chi connectivity index (χ4v) is 1.56. The predicted octanol–water partition coefficient (Wildman–Crippen LogP) is 2.40. The van der Waals surface area contributed by atoms with Crippen LogP contribution >= 0.6 is 0 Å². The molecule has 1 aromatic rings. The van der Waals surface area contributed by atoms with Gasteiger partial charge in [0.2, 0.25) is 0 Å². The van der Waals surface area contributed by atoms with Crippen LogP contribution in [0.25, 0.3) is 0 Å². The van der Waals surface area contributed by atoms with Crippen LogP contribution in [0.5, 0.6) is 0 Å². The SMILES string of the molecule is CC(=O)c1[nH]c(C2CC2)cc1C. The normalized spacial score (nSPS) is 16.5. The second-order valence-electron chi connectivity index (χ2n) is 3.61. The van der Waals surface area contributed by atoms with E-state index in [-0.39, 0.29) is 5.78 Å². The topological polar surface area (TPSA) is 32.9 Å². The van der Waals surface area contributed by atoms with Gasteiger partial charge in [-0.15, -0.1) is 0 Å². The van der Waals surface area contributed by atoms with Gasteiger partial charge in [-0.2, -0.15) is 0 Å². The van der Waals surface area contributed by atoms with Crippen molar-refractivity contribution in [1.82, 2.24) is 4.98 Å². The maximum atomic E-state index is 11.1. The number of Topliss-reactive ketones (excluding diaryl/α,β-unsaturated/α-hetero) is 1.